The topological polar surface area (TPSA) is 43.4 Å². The zero-order valence-corrected chi connectivity index (χ0v) is 8.50. The van der Waals surface area contributed by atoms with E-state index in [1.54, 1.807) is 6.08 Å². The van der Waals surface area contributed by atoms with Crippen molar-refractivity contribution in [2.24, 2.45) is 5.92 Å². The van der Waals surface area contributed by atoms with Gasteiger partial charge in [0.25, 0.3) is 0 Å². The van der Waals surface area contributed by atoms with Crippen LogP contribution in [0.2, 0.25) is 0 Å². The summed E-state index contributed by atoms with van der Waals surface area (Å²) in [6.07, 6.45) is 2.61. The number of carbonyl (C=O) groups excluding carboxylic acids is 2. The summed E-state index contributed by atoms with van der Waals surface area (Å²) in [5.41, 5.74) is 0.989. The molecule has 0 saturated heterocycles. The summed E-state index contributed by atoms with van der Waals surface area (Å²) < 4.78 is 4.54. The molecule has 1 heterocycles. The van der Waals surface area contributed by atoms with E-state index >= 15 is 0 Å². The third-order valence-corrected chi connectivity index (χ3v) is 2.00. The third-order valence-electron chi connectivity index (χ3n) is 2.00. The second-order valence-electron chi connectivity index (χ2n) is 3.72. The van der Waals surface area contributed by atoms with Gasteiger partial charge in [-0.1, -0.05) is 19.9 Å². The van der Waals surface area contributed by atoms with Crippen molar-refractivity contribution in [3.63, 3.8) is 0 Å². The van der Waals surface area contributed by atoms with Crippen LogP contribution in [0.5, 0.6) is 0 Å². The molecule has 0 radical (unpaired) electrons. The summed E-state index contributed by atoms with van der Waals surface area (Å²) >= 11 is 0. The SMILES string of the molecule is C=CCC1=C(CC(C)C)C(=O)OC1=O. The van der Waals surface area contributed by atoms with Crippen LogP contribution in [0.1, 0.15) is 26.7 Å². The highest BCUT2D eigenvalue weighted by Crippen LogP contribution is 2.25. The lowest BCUT2D eigenvalue weighted by molar-refractivity contribution is -0.151. The van der Waals surface area contributed by atoms with Crippen molar-refractivity contribution in [1.29, 1.82) is 0 Å². The van der Waals surface area contributed by atoms with Crippen LogP contribution >= 0.6 is 0 Å². The van der Waals surface area contributed by atoms with Gasteiger partial charge < -0.3 is 4.74 Å². The minimum atomic E-state index is -0.509. The Bertz CT molecular complexity index is 310. The molecule has 14 heavy (non-hydrogen) atoms. The molecule has 1 aliphatic heterocycles. The molecule has 0 amide bonds. The number of hydrogen-bond donors (Lipinski definition) is 0. The van der Waals surface area contributed by atoms with E-state index in [0.29, 0.717) is 29.9 Å². The van der Waals surface area contributed by atoms with Crippen LogP contribution in [0, 0.1) is 5.92 Å². The van der Waals surface area contributed by atoms with Gasteiger partial charge >= 0.3 is 11.9 Å². The van der Waals surface area contributed by atoms with Crippen LogP contribution in [0.4, 0.5) is 0 Å². The molecular formula is C11H14O3. The van der Waals surface area contributed by atoms with Gasteiger partial charge in [0.05, 0.1) is 5.57 Å². The molecule has 0 atom stereocenters. The van der Waals surface area contributed by atoms with Crippen LogP contribution in [0.15, 0.2) is 23.8 Å². The van der Waals surface area contributed by atoms with Crippen molar-refractivity contribution >= 4 is 11.9 Å². The molecule has 3 heteroatoms. The van der Waals surface area contributed by atoms with Gasteiger partial charge in [-0.15, -0.1) is 6.58 Å². The van der Waals surface area contributed by atoms with E-state index in [2.05, 4.69) is 11.3 Å². The highest BCUT2D eigenvalue weighted by molar-refractivity contribution is 6.12. The standard InChI is InChI=1S/C11H14O3/c1-4-5-8-9(6-7(2)3)11(13)14-10(8)12/h4,7H,1,5-6H2,2-3H3. The molecule has 0 unspecified atom stereocenters. The van der Waals surface area contributed by atoms with E-state index in [1.165, 1.54) is 0 Å². The maximum absolute atomic E-state index is 11.3. The minimum Gasteiger partial charge on any atom is -0.386 e. The largest absolute Gasteiger partial charge is 0.386 e. The summed E-state index contributed by atoms with van der Waals surface area (Å²) in [5.74, 6) is -0.658. The summed E-state index contributed by atoms with van der Waals surface area (Å²) in [7, 11) is 0. The fourth-order valence-corrected chi connectivity index (χ4v) is 1.42. The number of ether oxygens (including phenoxy) is 1. The highest BCUT2D eigenvalue weighted by Gasteiger charge is 2.31. The van der Waals surface area contributed by atoms with Gasteiger partial charge in [-0.3, -0.25) is 0 Å². The fraction of sp³-hybridized carbons (Fsp3) is 0.455. The Morgan fingerprint density at radius 1 is 1.29 bits per heavy atom. The second-order valence-corrected chi connectivity index (χ2v) is 3.72. The quantitative estimate of drug-likeness (QED) is 0.390. The number of rotatable bonds is 4. The predicted octanol–water partition coefficient (Wildman–Crippen LogP) is 1.99. The molecule has 0 bridgehead atoms. The van der Waals surface area contributed by atoms with Crippen LogP contribution in [-0.2, 0) is 14.3 Å². The Hall–Kier alpha value is -1.38. The van der Waals surface area contributed by atoms with Crippen LogP contribution in [-0.4, -0.2) is 11.9 Å². The van der Waals surface area contributed by atoms with Gasteiger partial charge in [-0.05, 0) is 18.8 Å². The molecule has 0 saturated carbocycles. The first-order valence-corrected chi connectivity index (χ1v) is 4.65. The lowest BCUT2D eigenvalue weighted by Crippen LogP contribution is -2.03. The predicted molar refractivity (Wildman–Crippen MR) is 52.4 cm³/mol. The number of allylic oxidation sites excluding steroid dienone is 1. The van der Waals surface area contributed by atoms with Gasteiger partial charge in [-0.2, -0.15) is 0 Å². The van der Waals surface area contributed by atoms with Gasteiger partial charge in [0, 0.05) is 5.57 Å². The van der Waals surface area contributed by atoms with E-state index in [-0.39, 0.29) is 0 Å². The maximum atomic E-state index is 11.3. The molecule has 0 spiro atoms. The van der Waals surface area contributed by atoms with Crippen molar-refractivity contribution in [1.82, 2.24) is 0 Å². The number of cyclic esters (lactones) is 2. The molecule has 1 aliphatic rings. The molecule has 0 aromatic carbocycles. The number of hydrogen-bond acceptors (Lipinski definition) is 3. The Kier molecular flexibility index (Phi) is 3.23. The molecular weight excluding hydrogens is 180 g/mol. The summed E-state index contributed by atoms with van der Waals surface area (Å²) in [6, 6.07) is 0. The smallest absolute Gasteiger partial charge is 0.342 e. The lowest BCUT2D eigenvalue weighted by atomic mass is 9.98. The van der Waals surface area contributed by atoms with Gasteiger partial charge in [-0.25, -0.2) is 9.59 Å². The van der Waals surface area contributed by atoms with Gasteiger partial charge in [0.15, 0.2) is 0 Å². The van der Waals surface area contributed by atoms with E-state index in [0.717, 1.165) is 0 Å². The highest BCUT2D eigenvalue weighted by atomic mass is 16.6. The van der Waals surface area contributed by atoms with Crippen molar-refractivity contribution in [2.45, 2.75) is 26.7 Å². The summed E-state index contributed by atoms with van der Waals surface area (Å²) in [5, 5.41) is 0. The average molecular weight is 194 g/mol. The van der Waals surface area contributed by atoms with E-state index < -0.39 is 11.9 Å². The first-order chi connectivity index (χ1) is 6.56. The monoisotopic (exact) mass is 194 g/mol. The molecule has 0 aliphatic carbocycles. The number of esters is 2. The van der Waals surface area contributed by atoms with Gasteiger partial charge in [0.1, 0.15) is 0 Å². The zero-order valence-electron chi connectivity index (χ0n) is 8.50. The van der Waals surface area contributed by atoms with E-state index in [1.807, 2.05) is 13.8 Å². The molecule has 0 fully saturated rings. The molecule has 3 nitrogen and oxygen atoms in total. The Morgan fingerprint density at radius 2 is 1.86 bits per heavy atom. The first kappa shape index (κ1) is 10.7. The lowest BCUT2D eigenvalue weighted by Gasteiger charge is -2.03. The molecule has 0 aromatic rings. The van der Waals surface area contributed by atoms with E-state index in [9.17, 15) is 9.59 Å². The normalized spacial score (nSPS) is 16.5. The molecule has 1 rings (SSSR count). The number of carbonyl (C=O) groups is 2. The zero-order chi connectivity index (χ0) is 10.7. The average Bonchev–Trinajstić information content (AvgIpc) is 2.31. The van der Waals surface area contributed by atoms with Gasteiger partial charge in [0.2, 0.25) is 0 Å². The Balaban J connectivity index is 2.95. The maximum Gasteiger partial charge on any atom is 0.342 e. The van der Waals surface area contributed by atoms with Crippen molar-refractivity contribution in [2.75, 3.05) is 0 Å². The van der Waals surface area contributed by atoms with Crippen molar-refractivity contribution in [3.8, 4) is 0 Å². The summed E-state index contributed by atoms with van der Waals surface area (Å²) in [4.78, 5) is 22.5. The van der Waals surface area contributed by atoms with E-state index in [4.69, 9.17) is 0 Å². The fourth-order valence-electron chi connectivity index (χ4n) is 1.42. The molecule has 76 valence electrons. The summed E-state index contributed by atoms with van der Waals surface area (Å²) in [6.45, 7) is 7.53. The van der Waals surface area contributed by atoms with Crippen molar-refractivity contribution in [3.05, 3.63) is 23.8 Å². The third kappa shape index (κ3) is 2.10. The van der Waals surface area contributed by atoms with Crippen LogP contribution < -0.4 is 0 Å². The second kappa shape index (κ2) is 4.22. The minimum absolute atomic E-state index is 0.336. The Morgan fingerprint density at radius 3 is 2.36 bits per heavy atom. The van der Waals surface area contributed by atoms with Crippen molar-refractivity contribution < 1.29 is 14.3 Å². The van der Waals surface area contributed by atoms with Crippen LogP contribution in [0.3, 0.4) is 0 Å². The first-order valence-electron chi connectivity index (χ1n) is 4.65. The molecule has 0 N–H and O–H groups in total. The Labute approximate surface area is 83.4 Å². The van der Waals surface area contributed by atoms with Crippen LogP contribution in [0.25, 0.3) is 0 Å². The molecule has 0 aromatic heterocycles.